The topological polar surface area (TPSA) is 38.7 Å². The molecule has 1 heterocycles. The van der Waals surface area contributed by atoms with Crippen LogP contribution in [0.3, 0.4) is 0 Å². The van der Waals surface area contributed by atoms with E-state index in [4.69, 9.17) is 9.47 Å². The van der Waals surface area contributed by atoms with Gasteiger partial charge in [-0.05, 0) is 42.9 Å². The molecule has 1 N–H and O–H groups in total. The Labute approximate surface area is 114 Å². The van der Waals surface area contributed by atoms with Crippen LogP contribution in [0.5, 0.6) is 11.5 Å². The van der Waals surface area contributed by atoms with Crippen molar-refractivity contribution in [1.82, 2.24) is 0 Å². The summed E-state index contributed by atoms with van der Waals surface area (Å²) in [4.78, 5) is 0. The molecule has 2 aliphatic rings. The van der Waals surface area contributed by atoms with Gasteiger partial charge in [-0.3, -0.25) is 0 Å². The highest BCUT2D eigenvalue weighted by Gasteiger charge is 2.49. The summed E-state index contributed by atoms with van der Waals surface area (Å²) in [6.45, 7) is 4.56. The smallest absolute Gasteiger partial charge is 0.126 e. The molecule has 0 aromatic heterocycles. The molecule has 0 saturated heterocycles. The molecule has 3 heteroatoms. The minimum Gasteiger partial charge on any atom is -0.497 e. The van der Waals surface area contributed by atoms with Gasteiger partial charge in [0.05, 0.1) is 13.2 Å². The number of aliphatic hydroxyl groups is 1. The zero-order valence-electron chi connectivity index (χ0n) is 11.9. The minimum absolute atomic E-state index is 0.176. The van der Waals surface area contributed by atoms with Gasteiger partial charge in [-0.25, -0.2) is 0 Å². The number of ether oxygens (including phenoxy) is 2. The fourth-order valence-corrected chi connectivity index (χ4v) is 3.62. The molecular formula is C16H22O3. The molecule has 0 radical (unpaired) electrons. The Morgan fingerprint density at radius 1 is 1.32 bits per heavy atom. The summed E-state index contributed by atoms with van der Waals surface area (Å²) in [5.41, 5.74) is 0.989. The molecule has 1 fully saturated rings. The van der Waals surface area contributed by atoms with Gasteiger partial charge in [0.25, 0.3) is 0 Å². The molecule has 1 aromatic rings. The van der Waals surface area contributed by atoms with Gasteiger partial charge >= 0.3 is 0 Å². The summed E-state index contributed by atoms with van der Waals surface area (Å²) >= 11 is 0. The first-order valence-corrected chi connectivity index (χ1v) is 6.98. The number of aliphatic hydroxyl groups excluding tert-OH is 1. The number of fused-ring (bicyclic) bond motifs is 1. The lowest BCUT2D eigenvalue weighted by atomic mass is 9.83. The molecule has 1 aliphatic carbocycles. The van der Waals surface area contributed by atoms with E-state index in [-0.39, 0.29) is 5.60 Å². The van der Waals surface area contributed by atoms with Crippen LogP contribution in [0.2, 0.25) is 0 Å². The maximum absolute atomic E-state index is 10.4. The van der Waals surface area contributed by atoms with Gasteiger partial charge in [-0.15, -0.1) is 0 Å². The normalized spacial score (nSPS) is 31.9. The van der Waals surface area contributed by atoms with Crippen LogP contribution >= 0.6 is 0 Å². The van der Waals surface area contributed by atoms with E-state index in [2.05, 4.69) is 13.8 Å². The molecule has 0 bridgehead atoms. The fourth-order valence-electron chi connectivity index (χ4n) is 3.62. The van der Waals surface area contributed by atoms with Crippen molar-refractivity contribution >= 4 is 0 Å². The first kappa shape index (κ1) is 12.8. The molecule has 19 heavy (non-hydrogen) atoms. The van der Waals surface area contributed by atoms with Crippen LogP contribution in [-0.2, 0) is 0 Å². The van der Waals surface area contributed by atoms with Gasteiger partial charge < -0.3 is 14.6 Å². The molecule has 3 nitrogen and oxygen atoms in total. The fraction of sp³-hybridized carbons (Fsp3) is 0.625. The standard InChI is InChI=1S/C16H22O3/c1-15(2)6-7-16(10-15)9-13(17)12-8-11(18-3)4-5-14(12)19-16/h4-5,8,13,17H,6-7,9-10H2,1-3H3/t13-,16?/m1/s1. The summed E-state index contributed by atoms with van der Waals surface area (Å²) in [5.74, 6) is 1.58. The third-order valence-electron chi connectivity index (χ3n) is 4.53. The Hall–Kier alpha value is -1.22. The van der Waals surface area contributed by atoms with Crippen molar-refractivity contribution in [1.29, 1.82) is 0 Å². The average molecular weight is 262 g/mol. The maximum atomic E-state index is 10.4. The van der Waals surface area contributed by atoms with Crippen molar-refractivity contribution in [3.8, 4) is 11.5 Å². The quantitative estimate of drug-likeness (QED) is 0.842. The number of methoxy groups -OCH3 is 1. The van der Waals surface area contributed by atoms with Crippen LogP contribution in [0.1, 0.15) is 51.2 Å². The molecule has 1 aliphatic heterocycles. The molecule has 104 valence electrons. The van der Waals surface area contributed by atoms with Gasteiger partial charge in [-0.2, -0.15) is 0 Å². The molecular weight excluding hydrogens is 240 g/mol. The zero-order chi connectivity index (χ0) is 13.7. The van der Waals surface area contributed by atoms with Crippen LogP contribution in [0.15, 0.2) is 18.2 Å². The van der Waals surface area contributed by atoms with Crippen molar-refractivity contribution in [2.24, 2.45) is 5.41 Å². The van der Waals surface area contributed by atoms with E-state index in [1.54, 1.807) is 7.11 Å². The monoisotopic (exact) mass is 262 g/mol. The Bertz CT molecular complexity index is 495. The predicted molar refractivity (Wildman–Crippen MR) is 73.6 cm³/mol. The Kier molecular flexibility index (Phi) is 2.79. The van der Waals surface area contributed by atoms with E-state index < -0.39 is 6.10 Å². The van der Waals surface area contributed by atoms with Crippen LogP contribution in [-0.4, -0.2) is 17.8 Å². The van der Waals surface area contributed by atoms with Crippen molar-refractivity contribution in [3.63, 3.8) is 0 Å². The van der Waals surface area contributed by atoms with E-state index in [1.165, 1.54) is 0 Å². The van der Waals surface area contributed by atoms with Gasteiger partial charge in [0.1, 0.15) is 17.1 Å². The van der Waals surface area contributed by atoms with Gasteiger partial charge in [0, 0.05) is 12.0 Å². The predicted octanol–water partition coefficient (Wildman–Crippen LogP) is 3.46. The molecule has 1 unspecified atom stereocenters. The average Bonchev–Trinajstić information content (AvgIpc) is 2.64. The first-order chi connectivity index (χ1) is 8.93. The highest BCUT2D eigenvalue weighted by molar-refractivity contribution is 5.43. The minimum atomic E-state index is -0.451. The number of hydrogen-bond acceptors (Lipinski definition) is 3. The van der Waals surface area contributed by atoms with Gasteiger partial charge in [0.15, 0.2) is 0 Å². The highest BCUT2D eigenvalue weighted by Crippen LogP contribution is 2.53. The van der Waals surface area contributed by atoms with Crippen LogP contribution < -0.4 is 9.47 Å². The first-order valence-electron chi connectivity index (χ1n) is 6.98. The maximum Gasteiger partial charge on any atom is 0.126 e. The largest absolute Gasteiger partial charge is 0.497 e. The van der Waals surface area contributed by atoms with E-state index in [0.29, 0.717) is 11.8 Å². The summed E-state index contributed by atoms with van der Waals surface area (Å²) in [6, 6.07) is 5.70. The third kappa shape index (κ3) is 2.20. The van der Waals surface area contributed by atoms with Gasteiger partial charge in [0.2, 0.25) is 0 Å². The van der Waals surface area contributed by atoms with E-state index in [1.807, 2.05) is 18.2 Å². The number of benzene rings is 1. The summed E-state index contributed by atoms with van der Waals surface area (Å²) < 4.78 is 11.5. The SMILES string of the molecule is COc1ccc2c(c1)[C@H](O)CC1(CCC(C)(C)C1)O2. The molecule has 1 spiro atoms. The lowest BCUT2D eigenvalue weighted by Crippen LogP contribution is -2.39. The second-order valence-corrected chi connectivity index (χ2v) is 6.75. The third-order valence-corrected chi connectivity index (χ3v) is 4.53. The van der Waals surface area contributed by atoms with Crippen molar-refractivity contribution in [2.45, 2.75) is 51.2 Å². The van der Waals surface area contributed by atoms with E-state index >= 15 is 0 Å². The zero-order valence-corrected chi connectivity index (χ0v) is 11.9. The Balaban J connectivity index is 1.93. The molecule has 3 rings (SSSR count). The van der Waals surface area contributed by atoms with Crippen molar-refractivity contribution in [3.05, 3.63) is 23.8 Å². The van der Waals surface area contributed by atoms with Crippen LogP contribution in [0.4, 0.5) is 0 Å². The Morgan fingerprint density at radius 2 is 2.11 bits per heavy atom. The second kappa shape index (κ2) is 4.14. The molecule has 0 amide bonds. The summed E-state index contributed by atoms with van der Waals surface area (Å²) in [5, 5.41) is 10.4. The molecule has 1 saturated carbocycles. The number of rotatable bonds is 1. The van der Waals surface area contributed by atoms with Gasteiger partial charge in [-0.1, -0.05) is 13.8 Å². The highest BCUT2D eigenvalue weighted by atomic mass is 16.5. The van der Waals surface area contributed by atoms with Crippen molar-refractivity contribution in [2.75, 3.05) is 7.11 Å². The number of hydrogen-bond donors (Lipinski definition) is 1. The Morgan fingerprint density at radius 3 is 2.74 bits per heavy atom. The van der Waals surface area contributed by atoms with Crippen LogP contribution in [0, 0.1) is 5.41 Å². The molecule has 2 atom stereocenters. The summed E-state index contributed by atoms with van der Waals surface area (Å²) in [6.07, 6.45) is 3.44. The van der Waals surface area contributed by atoms with Crippen LogP contribution in [0.25, 0.3) is 0 Å². The van der Waals surface area contributed by atoms with E-state index in [9.17, 15) is 5.11 Å². The van der Waals surface area contributed by atoms with Crippen molar-refractivity contribution < 1.29 is 14.6 Å². The lowest BCUT2D eigenvalue weighted by Gasteiger charge is -2.39. The lowest BCUT2D eigenvalue weighted by molar-refractivity contribution is -0.0156. The van der Waals surface area contributed by atoms with E-state index in [0.717, 1.165) is 36.3 Å². The second-order valence-electron chi connectivity index (χ2n) is 6.75. The summed E-state index contributed by atoms with van der Waals surface area (Å²) in [7, 11) is 1.64. The molecule has 1 aromatic carbocycles.